The molecule has 134 valence electrons. The topological polar surface area (TPSA) is 45.5 Å². The van der Waals surface area contributed by atoms with E-state index in [1.54, 1.807) is 14.2 Å². The minimum atomic E-state index is 0.592. The lowest BCUT2D eigenvalue weighted by atomic mass is 9.97. The van der Waals surface area contributed by atoms with E-state index in [1.165, 1.54) is 0 Å². The summed E-state index contributed by atoms with van der Waals surface area (Å²) >= 11 is 0. The van der Waals surface area contributed by atoms with Gasteiger partial charge in [-0.15, -0.1) is 0 Å². The van der Waals surface area contributed by atoms with Crippen LogP contribution in [0.15, 0.2) is 77.1 Å². The van der Waals surface area contributed by atoms with Crippen LogP contribution in [-0.2, 0) is 4.74 Å². The summed E-state index contributed by atoms with van der Waals surface area (Å²) in [5.41, 5.74) is 6.91. The molecule has 0 unspecified atom stereocenters. The van der Waals surface area contributed by atoms with E-state index in [1.807, 2.05) is 42.5 Å². The predicted molar refractivity (Wildman–Crippen MR) is 106 cm³/mol. The van der Waals surface area contributed by atoms with Crippen LogP contribution in [0.25, 0.3) is 11.3 Å². The second-order valence-electron chi connectivity index (χ2n) is 6.55. The summed E-state index contributed by atoms with van der Waals surface area (Å²) in [6.45, 7) is 0.735. The fourth-order valence-corrected chi connectivity index (χ4v) is 3.91. The number of benzene rings is 2. The van der Waals surface area contributed by atoms with Gasteiger partial charge in [-0.3, -0.25) is 0 Å². The van der Waals surface area contributed by atoms with Crippen molar-refractivity contribution in [1.82, 2.24) is 4.90 Å². The number of likely N-dealkylation sites (N-methyl/N-ethyl adjacent to an activating group) is 1. The highest BCUT2D eigenvalue weighted by atomic mass is 16.5. The number of ether oxygens (including phenoxy) is 2. The molecule has 27 heavy (non-hydrogen) atoms. The molecule has 0 atom stereocenters. The van der Waals surface area contributed by atoms with Crippen molar-refractivity contribution in [1.29, 1.82) is 5.26 Å². The van der Waals surface area contributed by atoms with Crippen molar-refractivity contribution in [3.63, 3.8) is 0 Å². The first kappa shape index (κ1) is 17.0. The van der Waals surface area contributed by atoms with Crippen molar-refractivity contribution in [2.75, 3.05) is 27.8 Å². The number of rotatable bonds is 4. The molecule has 0 saturated carbocycles. The van der Waals surface area contributed by atoms with Crippen LogP contribution < -0.4 is 4.74 Å². The van der Waals surface area contributed by atoms with Gasteiger partial charge in [-0.25, -0.2) is 0 Å². The summed E-state index contributed by atoms with van der Waals surface area (Å²) < 4.78 is 11.0. The van der Waals surface area contributed by atoms with Gasteiger partial charge in [0.1, 0.15) is 23.2 Å². The second kappa shape index (κ2) is 6.69. The van der Waals surface area contributed by atoms with E-state index in [4.69, 9.17) is 9.47 Å². The van der Waals surface area contributed by atoms with Crippen LogP contribution in [0.1, 0.15) is 11.1 Å². The van der Waals surface area contributed by atoms with E-state index in [9.17, 15) is 5.26 Å². The van der Waals surface area contributed by atoms with Gasteiger partial charge in [0.15, 0.2) is 0 Å². The van der Waals surface area contributed by atoms with Gasteiger partial charge < -0.3 is 14.4 Å². The molecule has 1 aliphatic carbocycles. The zero-order valence-electron chi connectivity index (χ0n) is 15.6. The SMILES string of the molecule is COC1=C(C#N)C(c2ccc(OC)cc2)=C2CN(C)C(c3ccccc3)=C21. The van der Waals surface area contributed by atoms with Crippen molar-refractivity contribution < 1.29 is 9.47 Å². The summed E-state index contributed by atoms with van der Waals surface area (Å²) in [4.78, 5) is 2.22. The molecule has 0 aromatic heterocycles. The third-order valence-electron chi connectivity index (χ3n) is 5.06. The molecule has 0 spiro atoms. The van der Waals surface area contributed by atoms with Gasteiger partial charge >= 0.3 is 0 Å². The molecular weight excluding hydrogens is 336 g/mol. The van der Waals surface area contributed by atoms with E-state index in [-0.39, 0.29) is 0 Å². The summed E-state index contributed by atoms with van der Waals surface area (Å²) in [7, 11) is 5.36. The summed E-state index contributed by atoms with van der Waals surface area (Å²) in [6.07, 6.45) is 0. The molecule has 4 rings (SSSR count). The molecular formula is C23H20N2O2. The molecule has 0 fully saturated rings. The van der Waals surface area contributed by atoms with Crippen LogP contribution >= 0.6 is 0 Å². The third-order valence-corrected chi connectivity index (χ3v) is 5.06. The van der Waals surface area contributed by atoms with Crippen molar-refractivity contribution >= 4 is 11.3 Å². The minimum Gasteiger partial charge on any atom is -0.497 e. The quantitative estimate of drug-likeness (QED) is 0.822. The Morgan fingerprint density at radius 3 is 2.19 bits per heavy atom. The Labute approximate surface area is 159 Å². The van der Waals surface area contributed by atoms with Crippen LogP contribution in [0.5, 0.6) is 5.75 Å². The Bertz CT molecular complexity index is 1020. The zero-order chi connectivity index (χ0) is 19.0. The number of hydrogen-bond donors (Lipinski definition) is 0. The van der Waals surface area contributed by atoms with Crippen molar-refractivity contribution in [3.8, 4) is 11.8 Å². The Hall–Kier alpha value is -3.45. The first-order chi connectivity index (χ1) is 13.2. The summed E-state index contributed by atoms with van der Waals surface area (Å²) in [6, 6.07) is 20.4. The van der Waals surface area contributed by atoms with E-state index in [0.717, 1.165) is 45.8 Å². The lowest BCUT2D eigenvalue weighted by Crippen LogP contribution is -2.13. The normalized spacial score (nSPS) is 16.0. The van der Waals surface area contributed by atoms with Gasteiger partial charge in [0, 0.05) is 24.7 Å². The van der Waals surface area contributed by atoms with Gasteiger partial charge in [0.2, 0.25) is 0 Å². The molecule has 2 aromatic carbocycles. The number of hydrogen-bond acceptors (Lipinski definition) is 4. The number of fused-ring (bicyclic) bond motifs is 1. The van der Waals surface area contributed by atoms with Gasteiger partial charge in [-0.1, -0.05) is 42.5 Å². The Balaban J connectivity index is 1.98. The maximum atomic E-state index is 9.90. The minimum absolute atomic E-state index is 0.592. The third kappa shape index (κ3) is 2.60. The van der Waals surface area contributed by atoms with Crippen molar-refractivity contribution in [3.05, 3.63) is 88.2 Å². The van der Waals surface area contributed by atoms with E-state index >= 15 is 0 Å². The number of methoxy groups -OCH3 is 2. The van der Waals surface area contributed by atoms with E-state index in [2.05, 4.69) is 30.1 Å². The molecule has 1 aliphatic heterocycles. The lowest BCUT2D eigenvalue weighted by molar-refractivity contribution is 0.302. The van der Waals surface area contributed by atoms with Gasteiger partial charge in [-0.2, -0.15) is 5.26 Å². The Kier molecular flexibility index (Phi) is 4.21. The van der Waals surface area contributed by atoms with Crippen LogP contribution in [0.3, 0.4) is 0 Å². The van der Waals surface area contributed by atoms with Crippen LogP contribution in [0.4, 0.5) is 0 Å². The largest absolute Gasteiger partial charge is 0.497 e. The molecule has 4 heteroatoms. The Morgan fingerprint density at radius 2 is 1.59 bits per heavy atom. The number of nitrogens with zero attached hydrogens (tertiary/aromatic N) is 2. The molecule has 1 heterocycles. The number of allylic oxidation sites excluding steroid dienone is 3. The van der Waals surface area contributed by atoms with E-state index < -0.39 is 0 Å². The summed E-state index contributed by atoms with van der Waals surface area (Å²) in [5.74, 6) is 1.45. The number of nitriles is 1. The molecule has 0 amide bonds. The molecule has 0 N–H and O–H groups in total. The molecule has 0 bridgehead atoms. The highest BCUT2D eigenvalue weighted by molar-refractivity contribution is 5.99. The highest BCUT2D eigenvalue weighted by Crippen LogP contribution is 2.49. The fraction of sp³-hybridized carbons (Fsp3) is 0.174. The predicted octanol–water partition coefficient (Wildman–Crippen LogP) is 4.24. The maximum absolute atomic E-state index is 9.90. The molecule has 0 saturated heterocycles. The first-order valence-electron chi connectivity index (χ1n) is 8.77. The maximum Gasteiger partial charge on any atom is 0.146 e. The average Bonchev–Trinajstić information content (AvgIpc) is 3.20. The van der Waals surface area contributed by atoms with Crippen LogP contribution in [0, 0.1) is 11.3 Å². The summed E-state index contributed by atoms with van der Waals surface area (Å²) in [5, 5.41) is 9.90. The van der Waals surface area contributed by atoms with Gasteiger partial charge in [0.25, 0.3) is 0 Å². The van der Waals surface area contributed by atoms with Gasteiger partial charge in [-0.05, 0) is 28.8 Å². The second-order valence-corrected chi connectivity index (χ2v) is 6.55. The fourth-order valence-electron chi connectivity index (χ4n) is 3.91. The van der Waals surface area contributed by atoms with Crippen LogP contribution in [0.2, 0.25) is 0 Å². The Morgan fingerprint density at radius 1 is 0.889 bits per heavy atom. The van der Waals surface area contributed by atoms with Crippen molar-refractivity contribution in [2.24, 2.45) is 0 Å². The molecule has 0 radical (unpaired) electrons. The lowest BCUT2D eigenvalue weighted by Gasteiger charge is -2.18. The molecule has 2 aliphatic rings. The zero-order valence-corrected chi connectivity index (χ0v) is 15.6. The van der Waals surface area contributed by atoms with E-state index in [0.29, 0.717) is 11.3 Å². The highest BCUT2D eigenvalue weighted by Gasteiger charge is 2.39. The smallest absolute Gasteiger partial charge is 0.146 e. The van der Waals surface area contributed by atoms with Crippen molar-refractivity contribution in [2.45, 2.75) is 0 Å². The standard InChI is InChI=1S/C23H20N2O2/c1-25-14-19-20(15-9-11-17(26-2)12-10-15)18(13-24)23(27-3)21(19)22(25)16-7-5-4-6-8-16/h4-12H,14H2,1-3H3. The first-order valence-corrected chi connectivity index (χ1v) is 8.77. The molecule has 2 aromatic rings. The van der Waals surface area contributed by atoms with Gasteiger partial charge in [0.05, 0.1) is 19.9 Å². The molecule has 4 nitrogen and oxygen atoms in total. The van der Waals surface area contributed by atoms with Crippen LogP contribution in [-0.4, -0.2) is 32.7 Å². The monoisotopic (exact) mass is 356 g/mol. The average molecular weight is 356 g/mol.